The van der Waals surface area contributed by atoms with Gasteiger partial charge in [0.15, 0.2) is 0 Å². The number of likely N-dealkylation sites (tertiary alicyclic amines) is 1. The maximum Gasteiger partial charge on any atom is 0.314 e. The van der Waals surface area contributed by atoms with E-state index in [2.05, 4.69) is 0 Å². The summed E-state index contributed by atoms with van der Waals surface area (Å²) in [6, 6.07) is 6.56. The molecule has 29 heavy (non-hydrogen) atoms. The second kappa shape index (κ2) is 9.29. The third-order valence-electron chi connectivity index (χ3n) is 6.42. The number of carbonyl (C=O) groups excluding carboxylic acids is 3. The number of carbonyl (C=O) groups is 3. The minimum absolute atomic E-state index is 0.189. The number of nitrogens with zero attached hydrogens (tertiary/aromatic N) is 1. The van der Waals surface area contributed by atoms with Crippen molar-refractivity contribution in [3.8, 4) is 0 Å². The summed E-state index contributed by atoms with van der Waals surface area (Å²) in [5.41, 5.74) is 11.4. The number of ether oxygens (including phenoxy) is 1. The van der Waals surface area contributed by atoms with Crippen LogP contribution in [0.25, 0.3) is 0 Å². The van der Waals surface area contributed by atoms with E-state index < -0.39 is 17.4 Å². The zero-order valence-electron chi connectivity index (χ0n) is 16.9. The van der Waals surface area contributed by atoms with Gasteiger partial charge in [-0.3, -0.25) is 9.59 Å². The van der Waals surface area contributed by atoms with Crippen LogP contribution in [-0.4, -0.2) is 42.5 Å². The van der Waals surface area contributed by atoms with Crippen molar-refractivity contribution >= 4 is 17.9 Å². The molecule has 158 valence electrons. The average Bonchev–Trinajstić information content (AvgIpc) is 2.73. The molecule has 7 nitrogen and oxygen atoms in total. The van der Waals surface area contributed by atoms with Crippen LogP contribution in [0.3, 0.4) is 0 Å². The summed E-state index contributed by atoms with van der Waals surface area (Å²) in [6.07, 6.45) is 7.42. The third-order valence-corrected chi connectivity index (χ3v) is 6.42. The molecule has 1 saturated carbocycles. The second-order valence-electron chi connectivity index (χ2n) is 8.45. The summed E-state index contributed by atoms with van der Waals surface area (Å²) in [5, 5.41) is 0. The minimum Gasteiger partial charge on any atom is -0.465 e. The van der Waals surface area contributed by atoms with E-state index in [4.69, 9.17) is 16.2 Å². The number of amides is 3. The van der Waals surface area contributed by atoms with E-state index in [1.807, 2.05) is 12.1 Å². The van der Waals surface area contributed by atoms with Crippen LogP contribution in [0.5, 0.6) is 0 Å². The summed E-state index contributed by atoms with van der Waals surface area (Å²) in [7, 11) is 0. The molecule has 7 heteroatoms. The Morgan fingerprint density at radius 2 is 1.62 bits per heavy atom. The fraction of sp³-hybridized carbons (Fsp3) is 0.591. The number of hydrogen-bond acceptors (Lipinski definition) is 4. The van der Waals surface area contributed by atoms with Gasteiger partial charge in [0.05, 0.1) is 12.0 Å². The third kappa shape index (κ3) is 5.28. The van der Waals surface area contributed by atoms with Gasteiger partial charge in [-0.05, 0) is 55.7 Å². The molecule has 3 rings (SSSR count). The fourth-order valence-corrected chi connectivity index (χ4v) is 4.49. The van der Waals surface area contributed by atoms with Gasteiger partial charge in [-0.1, -0.05) is 31.4 Å². The lowest BCUT2D eigenvalue weighted by Gasteiger charge is -2.39. The topological polar surface area (TPSA) is 116 Å². The number of hydrogen-bond donors (Lipinski definition) is 2. The molecule has 0 atom stereocenters. The molecule has 0 aromatic heterocycles. The highest BCUT2D eigenvalue weighted by Gasteiger charge is 2.43. The predicted octanol–water partition coefficient (Wildman–Crippen LogP) is 2.61. The van der Waals surface area contributed by atoms with Gasteiger partial charge in [0.2, 0.25) is 5.91 Å². The molecule has 1 aliphatic carbocycles. The molecule has 3 amide bonds. The number of piperidine rings is 1. The first-order valence-corrected chi connectivity index (χ1v) is 10.5. The highest BCUT2D eigenvalue weighted by molar-refractivity contribution is 5.92. The van der Waals surface area contributed by atoms with E-state index in [-0.39, 0.29) is 5.97 Å². The van der Waals surface area contributed by atoms with Crippen LogP contribution in [-0.2, 0) is 16.0 Å². The van der Waals surface area contributed by atoms with Crippen molar-refractivity contribution in [2.24, 2.45) is 22.8 Å². The number of nitrogens with two attached hydrogens (primary N) is 2. The molecule has 2 fully saturated rings. The monoisotopic (exact) mass is 401 g/mol. The molecular weight excluding hydrogens is 370 g/mol. The second-order valence-corrected chi connectivity index (χ2v) is 8.45. The lowest BCUT2D eigenvalue weighted by Crippen LogP contribution is -2.49. The molecule has 1 heterocycles. The van der Waals surface area contributed by atoms with Crippen LogP contribution >= 0.6 is 0 Å². The van der Waals surface area contributed by atoms with Crippen molar-refractivity contribution in [2.75, 3.05) is 19.7 Å². The summed E-state index contributed by atoms with van der Waals surface area (Å²) in [6.45, 7) is 1.35. The molecule has 4 N–H and O–H groups in total. The number of esters is 1. The molecule has 2 aliphatic rings. The van der Waals surface area contributed by atoms with E-state index in [1.54, 1.807) is 17.0 Å². The minimum atomic E-state index is -0.686. The molecule has 0 radical (unpaired) electrons. The van der Waals surface area contributed by atoms with Crippen LogP contribution in [0.2, 0.25) is 0 Å². The SMILES string of the molecule is NC(=O)c1ccc(CC2(C(=O)OCC3CCCCC3)CCN(C(N)=O)CC2)cc1. The quantitative estimate of drug-likeness (QED) is 0.713. The molecule has 1 aromatic carbocycles. The van der Waals surface area contributed by atoms with Crippen molar-refractivity contribution < 1.29 is 19.1 Å². The van der Waals surface area contributed by atoms with Gasteiger partial charge in [-0.25, -0.2) is 4.79 Å². The first-order valence-electron chi connectivity index (χ1n) is 10.5. The zero-order chi connectivity index (χ0) is 20.9. The van der Waals surface area contributed by atoms with Crippen molar-refractivity contribution in [3.05, 3.63) is 35.4 Å². The van der Waals surface area contributed by atoms with Crippen LogP contribution in [0.15, 0.2) is 24.3 Å². The van der Waals surface area contributed by atoms with Crippen LogP contribution in [0.1, 0.15) is 60.9 Å². The summed E-state index contributed by atoms with van der Waals surface area (Å²) < 4.78 is 5.81. The lowest BCUT2D eigenvalue weighted by atomic mass is 9.73. The van der Waals surface area contributed by atoms with Crippen molar-refractivity contribution in [3.63, 3.8) is 0 Å². The Morgan fingerprint density at radius 1 is 1.00 bits per heavy atom. The standard InChI is InChI=1S/C22H31N3O4/c23-19(26)18-8-6-16(7-9-18)14-22(10-12-25(13-11-22)21(24)28)20(27)29-15-17-4-2-1-3-5-17/h6-9,17H,1-5,10-15H2,(H2,23,26)(H2,24,28). The maximum atomic E-state index is 13.2. The molecular formula is C22H31N3O4. The van der Waals surface area contributed by atoms with Crippen molar-refractivity contribution in [1.82, 2.24) is 4.90 Å². The van der Waals surface area contributed by atoms with E-state index in [0.717, 1.165) is 18.4 Å². The Morgan fingerprint density at radius 3 is 2.17 bits per heavy atom. The van der Waals surface area contributed by atoms with Gasteiger partial charge in [-0.15, -0.1) is 0 Å². The highest BCUT2D eigenvalue weighted by Crippen LogP contribution is 2.37. The number of primary amides is 2. The predicted molar refractivity (Wildman–Crippen MR) is 109 cm³/mol. The summed E-state index contributed by atoms with van der Waals surface area (Å²) in [5.74, 6) is -0.218. The van der Waals surface area contributed by atoms with E-state index in [1.165, 1.54) is 19.3 Å². The zero-order valence-corrected chi connectivity index (χ0v) is 16.9. The van der Waals surface area contributed by atoms with E-state index >= 15 is 0 Å². The summed E-state index contributed by atoms with van der Waals surface area (Å²) >= 11 is 0. The molecule has 1 saturated heterocycles. The Kier molecular flexibility index (Phi) is 6.77. The molecule has 0 unspecified atom stereocenters. The normalized spacial score (nSPS) is 19.5. The Labute approximate surface area is 171 Å². The molecule has 1 aliphatic heterocycles. The Bertz CT molecular complexity index is 733. The number of benzene rings is 1. The van der Waals surface area contributed by atoms with Crippen LogP contribution in [0, 0.1) is 11.3 Å². The number of urea groups is 1. The molecule has 0 spiro atoms. The Hall–Kier alpha value is -2.57. The first-order chi connectivity index (χ1) is 13.9. The summed E-state index contributed by atoms with van der Waals surface area (Å²) in [4.78, 5) is 37.6. The van der Waals surface area contributed by atoms with Gasteiger partial charge < -0.3 is 21.1 Å². The van der Waals surface area contributed by atoms with Crippen LogP contribution in [0.4, 0.5) is 4.79 Å². The van der Waals surface area contributed by atoms with Gasteiger partial charge in [0.25, 0.3) is 0 Å². The van der Waals surface area contributed by atoms with E-state index in [0.29, 0.717) is 50.4 Å². The maximum absolute atomic E-state index is 13.2. The Balaban J connectivity index is 1.71. The largest absolute Gasteiger partial charge is 0.465 e. The van der Waals surface area contributed by atoms with Gasteiger partial charge in [-0.2, -0.15) is 0 Å². The van der Waals surface area contributed by atoms with Crippen LogP contribution < -0.4 is 11.5 Å². The molecule has 0 bridgehead atoms. The smallest absolute Gasteiger partial charge is 0.314 e. The van der Waals surface area contributed by atoms with Gasteiger partial charge in [0, 0.05) is 18.7 Å². The van der Waals surface area contributed by atoms with Crippen molar-refractivity contribution in [2.45, 2.75) is 51.4 Å². The van der Waals surface area contributed by atoms with E-state index in [9.17, 15) is 14.4 Å². The first kappa shape index (κ1) is 21.1. The van der Waals surface area contributed by atoms with Gasteiger partial charge in [0.1, 0.15) is 0 Å². The molecule has 1 aromatic rings. The van der Waals surface area contributed by atoms with Crippen molar-refractivity contribution in [1.29, 1.82) is 0 Å². The average molecular weight is 402 g/mol. The van der Waals surface area contributed by atoms with Gasteiger partial charge >= 0.3 is 12.0 Å². The lowest BCUT2D eigenvalue weighted by molar-refractivity contribution is -0.160. The highest BCUT2D eigenvalue weighted by atomic mass is 16.5. The number of rotatable bonds is 6. The fourth-order valence-electron chi connectivity index (χ4n) is 4.49.